The van der Waals surface area contributed by atoms with Crippen LogP contribution in [-0.4, -0.2) is 61.4 Å². The Morgan fingerprint density at radius 2 is 1.77 bits per heavy atom. The van der Waals surface area contributed by atoms with Gasteiger partial charge in [0, 0.05) is 46.8 Å². The minimum Gasteiger partial charge on any atom is -0.384 e. The van der Waals surface area contributed by atoms with E-state index in [9.17, 15) is 21.6 Å². The van der Waals surface area contributed by atoms with Crippen molar-refractivity contribution in [1.82, 2.24) is 9.97 Å². The Labute approximate surface area is 224 Å². The van der Waals surface area contributed by atoms with Gasteiger partial charge in [-0.25, -0.2) is 31.9 Å². The largest absolute Gasteiger partial charge is 0.384 e. The summed E-state index contributed by atoms with van der Waals surface area (Å²) in [6, 6.07) is 12.6. The standard InChI is InChI=1S/C24H25N7O6S2/c1-2-38(33,34)14-24(11-19(31-37-24)15-6-5-7-16(10-15)21(25)26)22(32)30-23-28-12-17(13-29-23)18-8-3-4-9-20(18)39(27,35)36/h3-10,12-13H,2,11,14H2,1H3,(H3,25,26)(H2,27,35,36)(H,28,29,30,32). The number of nitrogens with zero attached hydrogens (tertiary/aromatic N) is 3. The lowest BCUT2D eigenvalue weighted by Gasteiger charge is -2.24. The zero-order chi connectivity index (χ0) is 28.4. The van der Waals surface area contributed by atoms with E-state index in [0.29, 0.717) is 22.4 Å². The number of nitrogen functional groups attached to an aromatic ring is 1. The summed E-state index contributed by atoms with van der Waals surface area (Å²) in [5.41, 5.74) is 5.50. The quantitative estimate of drug-likeness (QED) is 0.212. The van der Waals surface area contributed by atoms with E-state index >= 15 is 0 Å². The van der Waals surface area contributed by atoms with Gasteiger partial charge in [-0.2, -0.15) is 0 Å². The maximum Gasteiger partial charge on any atom is 0.275 e. The number of primary sulfonamides is 1. The van der Waals surface area contributed by atoms with Crippen LogP contribution in [0.3, 0.4) is 0 Å². The molecule has 2 heterocycles. The van der Waals surface area contributed by atoms with Gasteiger partial charge in [0.2, 0.25) is 21.6 Å². The van der Waals surface area contributed by atoms with E-state index in [0.717, 1.165) is 0 Å². The first-order valence-electron chi connectivity index (χ1n) is 11.5. The molecule has 2 aromatic carbocycles. The van der Waals surface area contributed by atoms with Crippen LogP contribution >= 0.6 is 0 Å². The number of aromatic nitrogens is 2. The molecule has 1 amide bonds. The molecule has 0 radical (unpaired) electrons. The maximum absolute atomic E-state index is 13.4. The van der Waals surface area contributed by atoms with Crippen molar-refractivity contribution in [2.24, 2.45) is 16.0 Å². The molecule has 13 nitrogen and oxygen atoms in total. The molecule has 1 aliphatic heterocycles. The second-order valence-corrected chi connectivity index (χ2v) is 12.6. The fourth-order valence-corrected chi connectivity index (χ4v) is 5.88. The van der Waals surface area contributed by atoms with E-state index in [-0.39, 0.29) is 34.4 Å². The van der Waals surface area contributed by atoms with E-state index in [4.69, 9.17) is 21.1 Å². The molecule has 1 unspecified atom stereocenters. The molecule has 0 fully saturated rings. The third-order valence-electron chi connectivity index (χ3n) is 5.98. The Hall–Kier alpha value is -4.21. The van der Waals surface area contributed by atoms with Crippen LogP contribution in [0.15, 0.2) is 71.0 Å². The van der Waals surface area contributed by atoms with Gasteiger partial charge in [0.15, 0.2) is 9.84 Å². The molecule has 204 valence electrons. The number of anilines is 1. The van der Waals surface area contributed by atoms with Gasteiger partial charge >= 0.3 is 0 Å². The molecule has 0 spiro atoms. The van der Waals surface area contributed by atoms with Gasteiger partial charge in [-0.1, -0.05) is 48.5 Å². The number of nitrogens with one attached hydrogen (secondary N) is 2. The SMILES string of the molecule is CCS(=O)(=O)CC1(C(=O)Nc2ncc(-c3ccccc3S(N)(=O)=O)cn2)CC(c2cccc(C(=N)N)c2)=NO1. The minimum absolute atomic E-state index is 0.119. The summed E-state index contributed by atoms with van der Waals surface area (Å²) in [4.78, 5) is 27.0. The first kappa shape index (κ1) is 27.8. The first-order valence-corrected chi connectivity index (χ1v) is 14.9. The van der Waals surface area contributed by atoms with Crippen molar-refractivity contribution in [2.45, 2.75) is 23.8 Å². The number of amides is 1. The van der Waals surface area contributed by atoms with Crippen LogP contribution in [-0.2, 0) is 29.5 Å². The molecule has 0 saturated carbocycles. The van der Waals surface area contributed by atoms with Gasteiger partial charge in [0.25, 0.3) is 5.91 Å². The number of hydrogen-bond acceptors (Lipinski definition) is 10. The summed E-state index contributed by atoms with van der Waals surface area (Å²) in [5.74, 6) is -2.04. The average Bonchev–Trinajstić information content (AvgIpc) is 3.33. The molecule has 0 bridgehead atoms. The van der Waals surface area contributed by atoms with Crippen LogP contribution in [0.2, 0.25) is 0 Å². The zero-order valence-corrected chi connectivity index (χ0v) is 22.3. The lowest BCUT2D eigenvalue weighted by atomic mass is 9.94. The third kappa shape index (κ3) is 6.10. The summed E-state index contributed by atoms with van der Waals surface area (Å²) in [7, 11) is -7.73. The second-order valence-electron chi connectivity index (χ2n) is 8.76. The van der Waals surface area contributed by atoms with E-state index in [1.807, 2.05) is 0 Å². The Morgan fingerprint density at radius 3 is 2.41 bits per heavy atom. The van der Waals surface area contributed by atoms with Gasteiger partial charge in [0.1, 0.15) is 11.6 Å². The molecule has 15 heteroatoms. The van der Waals surface area contributed by atoms with Gasteiger partial charge in [0.05, 0.1) is 10.6 Å². The number of benzene rings is 2. The Bertz CT molecular complexity index is 1690. The molecule has 1 aliphatic rings. The molecule has 3 aromatic rings. The number of rotatable bonds is 9. The molecule has 6 N–H and O–H groups in total. The van der Waals surface area contributed by atoms with E-state index in [1.54, 1.807) is 30.3 Å². The van der Waals surface area contributed by atoms with Crippen molar-refractivity contribution in [1.29, 1.82) is 5.41 Å². The minimum atomic E-state index is -4.02. The number of sulfonamides is 1. The van der Waals surface area contributed by atoms with Gasteiger partial charge in [-0.3, -0.25) is 15.5 Å². The second kappa shape index (κ2) is 10.5. The molecule has 4 rings (SSSR count). The zero-order valence-electron chi connectivity index (χ0n) is 20.7. The summed E-state index contributed by atoms with van der Waals surface area (Å²) in [5, 5.41) is 19.4. The predicted molar refractivity (Wildman–Crippen MR) is 144 cm³/mol. The lowest BCUT2D eigenvalue weighted by Crippen LogP contribution is -2.49. The summed E-state index contributed by atoms with van der Waals surface area (Å²) in [6.45, 7) is 1.45. The fourth-order valence-electron chi connectivity index (χ4n) is 3.92. The molecular formula is C24H25N7O6S2. The van der Waals surface area contributed by atoms with Crippen LogP contribution in [0, 0.1) is 5.41 Å². The maximum atomic E-state index is 13.4. The number of carbonyl (C=O) groups is 1. The van der Waals surface area contributed by atoms with Crippen LogP contribution in [0.1, 0.15) is 24.5 Å². The van der Waals surface area contributed by atoms with Crippen LogP contribution in [0.5, 0.6) is 0 Å². The Morgan fingerprint density at radius 1 is 1.08 bits per heavy atom. The molecule has 1 aromatic heterocycles. The molecule has 39 heavy (non-hydrogen) atoms. The fraction of sp³-hybridized carbons (Fsp3) is 0.208. The highest BCUT2D eigenvalue weighted by molar-refractivity contribution is 7.91. The smallest absolute Gasteiger partial charge is 0.275 e. The monoisotopic (exact) mass is 571 g/mol. The van der Waals surface area contributed by atoms with Crippen LogP contribution < -0.4 is 16.2 Å². The van der Waals surface area contributed by atoms with Crippen molar-refractivity contribution in [3.63, 3.8) is 0 Å². The van der Waals surface area contributed by atoms with Crippen molar-refractivity contribution in [3.05, 3.63) is 72.1 Å². The lowest BCUT2D eigenvalue weighted by molar-refractivity contribution is -0.135. The highest BCUT2D eigenvalue weighted by Gasteiger charge is 2.50. The van der Waals surface area contributed by atoms with E-state index in [1.165, 1.54) is 37.5 Å². The summed E-state index contributed by atoms with van der Waals surface area (Å²) >= 11 is 0. The van der Waals surface area contributed by atoms with Gasteiger partial charge in [-0.05, 0) is 12.1 Å². The van der Waals surface area contributed by atoms with Crippen LogP contribution in [0.4, 0.5) is 5.95 Å². The number of hydrogen-bond donors (Lipinski definition) is 4. The highest BCUT2D eigenvalue weighted by Crippen LogP contribution is 2.31. The number of sulfone groups is 1. The Balaban J connectivity index is 1.61. The highest BCUT2D eigenvalue weighted by atomic mass is 32.2. The van der Waals surface area contributed by atoms with Crippen molar-refractivity contribution < 1.29 is 26.5 Å². The number of carbonyl (C=O) groups excluding carboxylic acids is 1. The van der Waals surface area contributed by atoms with Crippen molar-refractivity contribution >= 4 is 43.3 Å². The van der Waals surface area contributed by atoms with Gasteiger partial charge in [-0.15, -0.1) is 0 Å². The van der Waals surface area contributed by atoms with Crippen molar-refractivity contribution in [3.8, 4) is 11.1 Å². The summed E-state index contributed by atoms with van der Waals surface area (Å²) < 4.78 is 49.0. The normalized spacial score (nSPS) is 17.2. The molecule has 0 saturated heterocycles. The molecular weight excluding hydrogens is 546 g/mol. The predicted octanol–water partition coefficient (Wildman–Crippen LogP) is 1.01. The molecule has 1 atom stereocenters. The number of amidine groups is 1. The van der Waals surface area contributed by atoms with Crippen molar-refractivity contribution in [2.75, 3.05) is 16.8 Å². The number of nitrogens with two attached hydrogens (primary N) is 2. The topological polar surface area (TPSA) is 221 Å². The first-order chi connectivity index (χ1) is 18.3. The Kier molecular flexibility index (Phi) is 7.50. The van der Waals surface area contributed by atoms with E-state index in [2.05, 4.69) is 20.4 Å². The third-order valence-corrected chi connectivity index (χ3v) is 8.73. The average molecular weight is 572 g/mol. The van der Waals surface area contributed by atoms with Crippen LogP contribution in [0.25, 0.3) is 11.1 Å². The van der Waals surface area contributed by atoms with Gasteiger partial charge < -0.3 is 10.6 Å². The molecule has 0 aliphatic carbocycles. The summed E-state index contributed by atoms with van der Waals surface area (Å²) in [6.07, 6.45) is 2.42. The van der Waals surface area contributed by atoms with E-state index < -0.39 is 37.1 Å². The number of oxime groups is 1.